The van der Waals surface area contributed by atoms with E-state index in [0.717, 1.165) is 89.9 Å². The number of unbranched alkanes of at least 4 members (excludes halogenated alkanes) is 25. The predicted molar refractivity (Wildman–Crippen MR) is 316 cm³/mol. The van der Waals surface area contributed by atoms with Crippen LogP contribution >= 0.6 is 7.82 Å². The minimum atomic E-state index is -4.77. The van der Waals surface area contributed by atoms with Crippen LogP contribution in [0.15, 0.2) is 85.1 Å². The van der Waals surface area contributed by atoms with Gasteiger partial charge in [0, 0.05) is 19.3 Å². The maximum absolute atomic E-state index is 12.9. The van der Waals surface area contributed by atoms with Crippen LogP contribution in [-0.4, -0.2) is 66.5 Å². The van der Waals surface area contributed by atoms with Crippen LogP contribution in [0.4, 0.5) is 0 Å². The molecule has 0 rings (SSSR count). The zero-order chi connectivity index (χ0) is 55.5. The van der Waals surface area contributed by atoms with E-state index in [2.05, 4.69) is 93.7 Å². The van der Waals surface area contributed by atoms with Crippen molar-refractivity contribution < 1.29 is 52.2 Å². The third kappa shape index (κ3) is 55.4. The third-order valence-corrected chi connectivity index (χ3v) is 13.8. The number of rotatable bonds is 56. The minimum Gasteiger partial charge on any atom is -0.462 e. The van der Waals surface area contributed by atoms with Crippen LogP contribution in [0.3, 0.4) is 0 Å². The molecule has 76 heavy (non-hydrogen) atoms. The summed E-state index contributed by atoms with van der Waals surface area (Å²) in [5, 5.41) is 9.82. The summed E-state index contributed by atoms with van der Waals surface area (Å²) in [4.78, 5) is 48.6. The minimum absolute atomic E-state index is 0.0413. The molecule has 0 saturated heterocycles. The lowest BCUT2D eigenvalue weighted by Crippen LogP contribution is -2.30. The first-order valence-corrected chi connectivity index (χ1v) is 32.0. The molecule has 0 amide bonds. The lowest BCUT2D eigenvalue weighted by molar-refractivity contribution is -0.161. The van der Waals surface area contributed by atoms with Crippen molar-refractivity contribution in [3.63, 3.8) is 0 Å². The molecule has 2 N–H and O–H groups in total. The Balaban J connectivity index is 4.82. The molecule has 3 unspecified atom stereocenters. The van der Waals surface area contributed by atoms with E-state index >= 15 is 0 Å². The Morgan fingerprint density at radius 1 is 0.382 bits per heavy atom. The third-order valence-electron chi connectivity index (χ3n) is 12.8. The Morgan fingerprint density at radius 2 is 0.711 bits per heavy atom. The van der Waals surface area contributed by atoms with E-state index < -0.39 is 57.8 Å². The molecular formula is C64H111O11P. The van der Waals surface area contributed by atoms with Crippen molar-refractivity contribution in [1.82, 2.24) is 0 Å². The van der Waals surface area contributed by atoms with Crippen LogP contribution in [0.1, 0.15) is 265 Å². The number of phosphoric acid groups is 1. The highest BCUT2D eigenvalue weighted by molar-refractivity contribution is 7.47. The number of ether oxygens (including phenoxy) is 3. The van der Waals surface area contributed by atoms with Crippen molar-refractivity contribution in [2.45, 2.75) is 277 Å². The number of esters is 3. The molecule has 0 aliphatic rings. The molecule has 12 heteroatoms. The highest BCUT2D eigenvalue weighted by Gasteiger charge is 2.28. The van der Waals surface area contributed by atoms with Crippen LogP contribution in [0.25, 0.3) is 0 Å². The SMILES string of the molecule is CC/C=C\C/C=C\C/C=C\C/C=C\C/C=C\C/C=C\CCC(=O)OC(COC(=O)CCCCCCCCCCCCCCCCCCC)COP(=O)(O)OCC(CO)OC(=O)CCCCCCC/C=C\CCCCCC. The van der Waals surface area contributed by atoms with Gasteiger partial charge in [0.1, 0.15) is 12.7 Å². The van der Waals surface area contributed by atoms with Crippen molar-refractivity contribution >= 4 is 25.7 Å². The second-order valence-corrected chi connectivity index (χ2v) is 21.6. The predicted octanol–water partition coefficient (Wildman–Crippen LogP) is 18.3. The van der Waals surface area contributed by atoms with Gasteiger partial charge in [-0.15, -0.1) is 0 Å². The molecule has 0 radical (unpaired) electrons. The molecule has 0 aromatic rings. The molecule has 0 heterocycles. The number of allylic oxidation sites excluding steroid dienone is 14. The molecule has 0 aromatic carbocycles. The zero-order valence-corrected chi connectivity index (χ0v) is 49.3. The summed E-state index contributed by atoms with van der Waals surface area (Å²) in [6.07, 6.45) is 67.0. The average Bonchev–Trinajstić information content (AvgIpc) is 3.41. The summed E-state index contributed by atoms with van der Waals surface area (Å²) in [7, 11) is -4.77. The Hall–Kier alpha value is -3.34. The first-order chi connectivity index (χ1) is 37.2. The van der Waals surface area contributed by atoms with Gasteiger partial charge < -0.3 is 24.2 Å². The number of hydrogen-bond acceptors (Lipinski definition) is 10. The first-order valence-electron chi connectivity index (χ1n) is 30.5. The molecule has 0 saturated carbocycles. The molecule has 3 atom stereocenters. The van der Waals surface area contributed by atoms with E-state index in [1.165, 1.54) is 109 Å². The number of aliphatic hydroxyl groups is 1. The Morgan fingerprint density at radius 3 is 1.14 bits per heavy atom. The Bertz CT molecular complexity index is 1600. The molecule has 0 aromatic heterocycles. The molecule has 0 fully saturated rings. The van der Waals surface area contributed by atoms with Crippen LogP contribution in [0.5, 0.6) is 0 Å². The quantitative estimate of drug-likeness (QED) is 0.0197. The van der Waals surface area contributed by atoms with Crippen molar-refractivity contribution in [1.29, 1.82) is 0 Å². The average molecular weight is 1090 g/mol. The maximum Gasteiger partial charge on any atom is 0.472 e. The highest BCUT2D eigenvalue weighted by atomic mass is 31.2. The molecule has 0 bridgehead atoms. The Labute approximate surface area is 464 Å². The first kappa shape index (κ1) is 72.7. The van der Waals surface area contributed by atoms with Gasteiger partial charge in [0.25, 0.3) is 0 Å². The molecule has 438 valence electrons. The van der Waals surface area contributed by atoms with E-state index in [0.29, 0.717) is 25.7 Å². The van der Waals surface area contributed by atoms with Gasteiger partial charge in [0.15, 0.2) is 6.10 Å². The van der Waals surface area contributed by atoms with Crippen LogP contribution in [-0.2, 0) is 42.2 Å². The van der Waals surface area contributed by atoms with Gasteiger partial charge in [0.05, 0.1) is 19.8 Å². The molecular weight excluding hydrogens is 976 g/mol. The largest absolute Gasteiger partial charge is 0.472 e. The molecule has 11 nitrogen and oxygen atoms in total. The fourth-order valence-corrected chi connectivity index (χ4v) is 8.99. The van der Waals surface area contributed by atoms with E-state index in [9.17, 15) is 28.9 Å². The fourth-order valence-electron chi connectivity index (χ4n) is 8.20. The van der Waals surface area contributed by atoms with Crippen molar-refractivity contribution in [3.05, 3.63) is 85.1 Å². The number of hydrogen-bond donors (Lipinski definition) is 2. The lowest BCUT2D eigenvalue weighted by atomic mass is 10.0. The van der Waals surface area contributed by atoms with Crippen LogP contribution in [0, 0.1) is 0 Å². The number of phosphoric ester groups is 1. The topological polar surface area (TPSA) is 155 Å². The van der Waals surface area contributed by atoms with E-state index in [-0.39, 0.29) is 25.9 Å². The summed E-state index contributed by atoms with van der Waals surface area (Å²) >= 11 is 0. The standard InChI is InChI=1S/C64H111O11P/c1-4-7-10-13-16-19-22-25-27-29-30-32-34-37-40-43-46-49-52-55-64(68)75-61(57-71-62(66)53-50-47-44-41-38-36-33-31-28-26-23-20-17-14-11-8-5-2)59-73-76(69,70)72-58-60(56-65)74-63(67)54-51-48-45-42-39-35-24-21-18-15-12-9-6-3/h7,10,16,19,21,24-25,27,30,32,37,40,46,49,60-61,65H,4-6,8-9,11-15,17-18,20,22-23,26,28-29,31,33-36,38-39,41-45,47-48,50-59H2,1-3H3,(H,69,70)/b10-7-,19-16-,24-21-,27-25-,32-30-,40-37-,49-46-. The lowest BCUT2D eigenvalue weighted by Gasteiger charge is -2.21. The second-order valence-electron chi connectivity index (χ2n) is 20.1. The zero-order valence-electron chi connectivity index (χ0n) is 48.5. The monoisotopic (exact) mass is 1090 g/mol. The molecule has 0 aliphatic carbocycles. The normalized spacial score (nSPS) is 13.9. The summed E-state index contributed by atoms with van der Waals surface area (Å²) < 4.78 is 39.5. The summed E-state index contributed by atoms with van der Waals surface area (Å²) in [6.45, 7) is 4.45. The van der Waals surface area contributed by atoms with Crippen molar-refractivity contribution in [2.75, 3.05) is 26.4 Å². The number of carbonyl (C=O) groups is 3. The van der Waals surface area contributed by atoms with Crippen LogP contribution < -0.4 is 0 Å². The summed E-state index contributed by atoms with van der Waals surface area (Å²) in [5.41, 5.74) is 0. The van der Waals surface area contributed by atoms with Crippen molar-refractivity contribution in [3.8, 4) is 0 Å². The van der Waals surface area contributed by atoms with Crippen molar-refractivity contribution in [2.24, 2.45) is 0 Å². The second kappa shape index (κ2) is 57.8. The van der Waals surface area contributed by atoms with Gasteiger partial charge in [-0.05, 0) is 83.5 Å². The van der Waals surface area contributed by atoms with Crippen LogP contribution in [0.2, 0.25) is 0 Å². The van der Waals surface area contributed by atoms with E-state index in [4.69, 9.17) is 23.3 Å². The molecule has 0 aliphatic heterocycles. The smallest absolute Gasteiger partial charge is 0.462 e. The van der Waals surface area contributed by atoms with Gasteiger partial charge in [-0.25, -0.2) is 4.57 Å². The van der Waals surface area contributed by atoms with E-state index in [1.54, 1.807) is 0 Å². The van der Waals surface area contributed by atoms with Gasteiger partial charge in [-0.2, -0.15) is 0 Å². The highest BCUT2D eigenvalue weighted by Crippen LogP contribution is 2.43. The Kier molecular flexibility index (Phi) is 55.3. The fraction of sp³-hybridized carbons (Fsp3) is 0.734. The summed E-state index contributed by atoms with van der Waals surface area (Å²) in [5.74, 6) is -1.57. The van der Waals surface area contributed by atoms with E-state index in [1.807, 2.05) is 12.2 Å². The number of aliphatic hydroxyl groups excluding tert-OH is 1. The summed E-state index contributed by atoms with van der Waals surface area (Å²) in [6, 6.07) is 0. The van der Waals surface area contributed by atoms with Gasteiger partial charge in [-0.1, -0.05) is 247 Å². The van der Waals surface area contributed by atoms with Gasteiger partial charge >= 0.3 is 25.7 Å². The van der Waals surface area contributed by atoms with Gasteiger partial charge in [-0.3, -0.25) is 23.4 Å². The van der Waals surface area contributed by atoms with Gasteiger partial charge in [0.2, 0.25) is 0 Å². The maximum atomic E-state index is 12.9. The number of carbonyl (C=O) groups excluding carboxylic acids is 3. The molecule has 0 spiro atoms.